The molecule has 1 unspecified atom stereocenters. The Kier molecular flexibility index (Phi) is 8.97. The molecule has 1 atom stereocenters. The van der Waals surface area contributed by atoms with Crippen molar-refractivity contribution in [1.82, 2.24) is 19.4 Å². The number of carbonyl (C=O) groups is 1. The van der Waals surface area contributed by atoms with Crippen LogP contribution in [0.2, 0.25) is 0 Å². The molecule has 7 heteroatoms. The van der Waals surface area contributed by atoms with Crippen molar-refractivity contribution in [1.29, 1.82) is 0 Å². The zero-order valence-electron chi connectivity index (χ0n) is 24.2. The fourth-order valence-electron chi connectivity index (χ4n) is 6.03. The summed E-state index contributed by atoms with van der Waals surface area (Å²) in [4.78, 5) is 23.8. The van der Waals surface area contributed by atoms with E-state index in [1.165, 1.54) is 16.0 Å². The van der Waals surface area contributed by atoms with Crippen molar-refractivity contribution >= 4 is 34.2 Å². The molecule has 2 aromatic heterocycles. The number of imidazole rings is 1. The summed E-state index contributed by atoms with van der Waals surface area (Å²) in [7, 11) is 1.92. The summed E-state index contributed by atoms with van der Waals surface area (Å²) in [5.41, 5.74) is 4.25. The van der Waals surface area contributed by atoms with Crippen LogP contribution < -0.4 is 5.32 Å². The minimum absolute atomic E-state index is 0.0773. The van der Waals surface area contributed by atoms with Crippen LogP contribution >= 0.6 is 11.3 Å². The highest BCUT2D eigenvalue weighted by atomic mass is 32.1. The molecule has 0 saturated carbocycles. The van der Waals surface area contributed by atoms with E-state index in [1.807, 2.05) is 42.3 Å². The van der Waals surface area contributed by atoms with E-state index in [0.717, 1.165) is 62.5 Å². The molecule has 0 bridgehead atoms. The number of hydrogen-bond donors (Lipinski definition) is 1. The van der Waals surface area contributed by atoms with Gasteiger partial charge in [0.05, 0.1) is 17.6 Å². The second kappa shape index (κ2) is 13.4. The number of likely N-dealkylation sites (N-methyl/N-ethyl adjacent to an activating group) is 1. The summed E-state index contributed by atoms with van der Waals surface area (Å²) in [5, 5.41) is 5.94. The van der Waals surface area contributed by atoms with E-state index < -0.39 is 0 Å². The summed E-state index contributed by atoms with van der Waals surface area (Å²) in [6.07, 6.45) is 3.19. The number of carbonyl (C=O) groups excluding carboxylic acids is 1. The smallest absolute Gasteiger partial charge is 0.253 e. The molecule has 1 aliphatic heterocycles. The third-order valence-corrected chi connectivity index (χ3v) is 9.26. The average Bonchev–Trinajstić information content (AvgIpc) is 3.68. The Balaban J connectivity index is 1.06. The highest BCUT2D eigenvalue weighted by molar-refractivity contribution is 7.09. The van der Waals surface area contributed by atoms with Crippen molar-refractivity contribution in [2.75, 3.05) is 38.5 Å². The maximum atomic E-state index is 13.1. The number of benzene rings is 3. The Morgan fingerprint density at radius 2 is 1.67 bits per heavy atom. The van der Waals surface area contributed by atoms with Crippen LogP contribution in [-0.2, 0) is 6.54 Å². The van der Waals surface area contributed by atoms with Crippen LogP contribution in [0.5, 0.6) is 0 Å². The maximum absolute atomic E-state index is 13.1. The predicted molar refractivity (Wildman–Crippen MR) is 173 cm³/mol. The maximum Gasteiger partial charge on any atom is 0.253 e. The molecule has 6 rings (SSSR count). The lowest BCUT2D eigenvalue weighted by atomic mass is 9.94. The van der Waals surface area contributed by atoms with E-state index >= 15 is 0 Å². The number of anilines is 1. The molecule has 1 fully saturated rings. The number of hydrogen-bond acceptors (Lipinski definition) is 5. The topological polar surface area (TPSA) is 53.4 Å². The van der Waals surface area contributed by atoms with Gasteiger partial charge in [0, 0.05) is 49.1 Å². The van der Waals surface area contributed by atoms with Crippen LogP contribution in [0, 0.1) is 0 Å². The van der Waals surface area contributed by atoms with Gasteiger partial charge >= 0.3 is 0 Å². The predicted octanol–water partition coefficient (Wildman–Crippen LogP) is 6.97. The van der Waals surface area contributed by atoms with Gasteiger partial charge in [0.15, 0.2) is 0 Å². The van der Waals surface area contributed by atoms with Crippen LogP contribution in [-0.4, -0.2) is 64.5 Å². The molecule has 0 spiro atoms. The first-order valence-electron chi connectivity index (χ1n) is 15.0. The van der Waals surface area contributed by atoms with Gasteiger partial charge in [-0.25, -0.2) is 4.98 Å². The van der Waals surface area contributed by atoms with Crippen LogP contribution in [0.25, 0.3) is 11.0 Å². The summed E-state index contributed by atoms with van der Waals surface area (Å²) >= 11 is 1.79. The number of likely N-dealkylation sites (tertiary alicyclic amines) is 1. The van der Waals surface area contributed by atoms with Crippen molar-refractivity contribution in [3.8, 4) is 0 Å². The van der Waals surface area contributed by atoms with E-state index in [0.29, 0.717) is 12.6 Å². The molecular formula is C35H39N5OS. The van der Waals surface area contributed by atoms with Crippen LogP contribution in [0.3, 0.4) is 0 Å². The molecule has 0 radical (unpaired) electrons. The van der Waals surface area contributed by atoms with E-state index in [-0.39, 0.29) is 11.8 Å². The Morgan fingerprint density at radius 3 is 2.40 bits per heavy atom. The van der Waals surface area contributed by atoms with E-state index in [9.17, 15) is 4.79 Å². The van der Waals surface area contributed by atoms with Crippen molar-refractivity contribution in [2.24, 2.45) is 0 Å². The number of aromatic nitrogens is 2. The Bertz CT molecular complexity index is 1560. The lowest BCUT2D eigenvalue weighted by molar-refractivity contribution is 0.0782. The summed E-state index contributed by atoms with van der Waals surface area (Å²) < 4.78 is 2.32. The normalized spacial score (nSPS) is 15.1. The second-order valence-electron chi connectivity index (χ2n) is 11.3. The largest absolute Gasteiger partial charge is 0.353 e. The molecule has 3 heterocycles. The molecule has 0 aliphatic carbocycles. The highest BCUT2D eigenvalue weighted by Gasteiger charge is 2.24. The Labute approximate surface area is 252 Å². The molecule has 6 nitrogen and oxygen atoms in total. The van der Waals surface area contributed by atoms with Gasteiger partial charge in [0.1, 0.15) is 0 Å². The van der Waals surface area contributed by atoms with Crippen LogP contribution in [0.15, 0.2) is 102 Å². The number of nitrogens with zero attached hydrogens (tertiary/aromatic N) is 4. The molecular weight excluding hydrogens is 538 g/mol. The number of para-hydroxylation sites is 2. The molecule has 1 saturated heterocycles. The fraction of sp³-hybridized carbons (Fsp3) is 0.314. The number of thiophene rings is 1. The van der Waals surface area contributed by atoms with Gasteiger partial charge < -0.3 is 19.7 Å². The average molecular weight is 578 g/mol. The Morgan fingerprint density at radius 1 is 0.952 bits per heavy atom. The van der Waals surface area contributed by atoms with Crippen molar-refractivity contribution in [2.45, 2.75) is 37.8 Å². The van der Waals surface area contributed by atoms with Gasteiger partial charge in [0.25, 0.3) is 5.91 Å². The monoisotopic (exact) mass is 577 g/mol. The van der Waals surface area contributed by atoms with Crippen molar-refractivity contribution < 1.29 is 4.79 Å². The van der Waals surface area contributed by atoms with Gasteiger partial charge in [-0.15, -0.1) is 11.3 Å². The van der Waals surface area contributed by atoms with Crippen molar-refractivity contribution in [3.05, 3.63) is 118 Å². The van der Waals surface area contributed by atoms with Gasteiger partial charge in [-0.3, -0.25) is 4.79 Å². The quantitative estimate of drug-likeness (QED) is 0.184. The zero-order valence-corrected chi connectivity index (χ0v) is 25.0. The van der Waals surface area contributed by atoms with Gasteiger partial charge in [-0.05, 0) is 67.1 Å². The number of piperidine rings is 1. The lowest BCUT2D eigenvalue weighted by Crippen LogP contribution is -2.40. The summed E-state index contributed by atoms with van der Waals surface area (Å²) in [6, 6.07) is 33.4. The third kappa shape index (κ3) is 6.75. The molecule has 1 amide bonds. The first-order chi connectivity index (χ1) is 20.6. The number of fused-ring (bicyclic) bond motifs is 1. The minimum Gasteiger partial charge on any atom is -0.353 e. The SMILES string of the molecule is CN(CC(CCN1CCC(Nc2nc3ccccc3n2Cc2cccs2)CC1)c1ccccc1)C(=O)c1ccccc1. The van der Waals surface area contributed by atoms with E-state index in [1.54, 1.807) is 11.3 Å². The first-order valence-corrected chi connectivity index (χ1v) is 15.8. The second-order valence-corrected chi connectivity index (χ2v) is 12.3. The van der Waals surface area contributed by atoms with Gasteiger partial charge in [-0.2, -0.15) is 0 Å². The molecule has 5 aromatic rings. The number of nitrogens with one attached hydrogen (secondary N) is 1. The summed E-state index contributed by atoms with van der Waals surface area (Å²) in [6.45, 7) is 4.68. The lowest BCUT2D eigenvalue weighted by Gasteiger charge is -2.34. The van der Waals surface area contributed by atoms with E-state index in [4.69, 9.17) is 4.98 Å². The highest BCUT2D eigenvalue weighted by Crippen LogP contribution is 2.26. The molecule has 216 valence electrons. The first kappa shape index (κ1) is 28.2. The molecule has 1 N–H and O–H groups in total. The minimum atomic E-state index is 0.0773. The summed E-state index contributed by atoms with van der Waals surface area (Å²) in [5.74, 6) is 1.34. The standard InChI is InChI=1S/C35H39N5OS/c1-38(34(41)28-13-6-3-7-14-28)25-29(27-11-4-2-5-12-27)18-21-39-22-19-30(20-23-39)36-35-37-32-16-8-9-17-33(32)40(35)26-31-15-10-24-42-31/h2-17,24,29-30H,18-23,25-26H2,1H3,(H,36,37). The molecule has 1 aliphatic rings. The molecule has 42 heavy (non-hydrogen) atoms. The number of rotatable bonds is 11. The van der Waals surface area contributed by atoms with Gasteiger partial charge in [0.2, 0.25) is 5.95 Å². The van der Waals surface area contributed by atoms with Crippen LogP contribution in [0.4, 0.5) is 5.95 Å². The molecule has 3 aromatic carbocycles. The Hall–Kier alpha value is -3.94. The van der Waals surface area contributed by atoms with Crippen molar-refractivity contribution in [3.63, 3.8) is 0 Å². The van der Waals surface area contributed by atoms with Crippen LogP contribution in [0.1, 0.15) is 46.0 Å². The zero-order chi connectivity index (χ0) is 28.7. The van der Waals surface area contributed by atoms with E-state index in [2.05, 4.69) is 86.9 Å². The van der Waals surface area contributed by atoms with Gasteiger partial charge in [-0.1, -0.05) is 66.7 Å². The number of amides is 1. The fourth-order valence-corrected chi connectivity index (χ4v) is 6.72. The third-order valence-electron chi connectivity index (χ3n) is 8.40.